The van der Waals surface area contributed by atoms with Gasteiger partial charge in [-0.15, -0.1) is 6.58 Å². The predicted octanol–water partition coefficient (Wildman–Crippen LogP) is 2.97. The van der Waals surface area contributed by atoms with Gasteiger partial charge in [-0.2, -0.15) is 0 Å². The molecule has 0 aromatic carbocycles. The van der Waals surface area contributed by atoms with Crippen molar-refractivity contribution >= 4 is 5.91 Å². The second-order valence-electron chi connectivity index (χ2n) is 6.95. The molecular weight excluding hydrogens is 248 g/mol. The second-order valence-corrected chi connectivity index (χ2v) is 6.95. The Balaban J connectivity index is 2.09. The third-order valence-corrected chi connectivity index (χ3v) is 5.22. The summed E-state index contributed by atoms with van der Waals surface area (Å²) in [7, 11) is 0. The zero-order valence-corrected chi connectivity index (χ0v) is 13.2. The molecule has 1 saturated carbocycles. The summed E-state index contributed by atoms with van der Waals surface area (Å²) < 4.78 is 0. The monoisotopic (exact) mass is 278 g/mol. The number of carbonyl (C=O) groups excluding carboxylic acids is 1. The Kier molecular flexibility index (Phi) is 5.25. The van der Waals surface area contributed by atoms with E-state index in [2.05, 4.69) is 30.6 Å². The van der Waals surface area contributed by atoms with E-state index in [0.29, 0.717) is 24.4 Å². The normalized spacial score (nSPS) is 24.6. The molecule has 1 unspecified atom stereocenters. The van der Waals surface area contributed by atoms with Crippen LogP contribution in [0.15, 0.2) is 12.7 Å². The van der Waals surface area contributed by atoms with Crippen molar-refractivity contribution in [1.82, 2.24) is 10.2 Å². The van der Waals surface area contributed by atoms with E-state index in [1.54, 1.807) is 0 Å². The molecule has 1 amide bonds. The molecule has 1 N–H and O–H groups in total. The summed E-state index contributed by atoms with van der Waals surface area (Å²) in [4.78, 5) is 15.2. The van der Waals surface area contributed by atoms with Crippen LogP contribution in [0, 0.1) is 11.3 Å². The van der Waals surface area contributed by atoms with Crippen molar-refractivity contribution in [3.05, 3.63) is 12.7 Å². The Morgan fingerprint density at radius 1 is 1.30 bits per heavy atom. The molecule has 1 heterocycles. The Hall–Kier alpha value is -0.830. The van der Waals surface area contributed by atoms with Crippen LogP contribution in [0.2, 0.25) is 0 Å². The third-order valence-electron chi connectivity index (χ3n) is 5.22. The van der Waals surface area contributed by atoms with E-state index in [-0.39, 0.29) is 5.41 Å². The quantitative estimate of drug-likeness (QED) is 0.784. The fraction of sp³-hybridized carbons (Fsp3) is 0.824. The van der Waals surface area contributed by atoms with E-state index >= 15 is 0 Å². The largest absolute Gasteiger partial charge is 0.336 e. The third kappa shape index (κ3) is 3.25. The fourth-order valence-electron chi connectivity index (χ4n) is 3.77. The molecule has 114 valence electrons. The van der Waals surface area contributed by atoms with Crippen LogP contribution in [0.3, 0.4) is 0 Å². The molecule has 2 aliphatic rings. The number of hydrogen-bond donors (Lipinski definition) is 1. The number of nitrogens with zero attached hydrogens (tertiary/aromatic N) is 1. The zero-order chi connectivity index (χ0) is 14.6. The summed E-state index contributed by atoms with van der Waals surface area (Å²) in [6.07, 6.45) is 9.08. The highest BCUT2D eigenvalue weighted by molar-refractivity contribution is 5.83. The molecule has 0 aromatic heterocycles. The van der Waals surface area contributed by atoms with Crippen LogP contribution in [-0.2, 0) is 4.79 Å². The van der Waals surface area contributed by atoms with E-state index in [0.717, 1.165) is 13.1 Å². The summed E-state index contributed by atoms with van der Waals surface area (Å²) in [5.41, 5.74) is -0.265. The van der Waals surface area contributed by atoms with Crippen molar-refractivity contribution in [2.45, 2.75) is 58.4 Å². The number of nitrogens with one attached hydrogen (secondary N) is 1. The lowest BCUT2D eigenvalue weighted by Gasteiger charge is -2.41. The van der Waals surface area contributed by atoms with Gasteiger partial charge in [0.1, 0.15) is 0 Å². The van der Waals surface area contributed by atoms with Gasteiger partial charge in [-0.25, -0.2) is 0 Å². The van der Waals surface area contributed by atoms with Crippen LogP contribution in [0.25, 0.3) is 0 Å². The molecule has 0 bridgehead atoms. The minimum absolute atomic E-state index is 0.265. The van der Waals surface area contributed by atoms with Crippen LogP contribution in [0.5, 0.6) is 0 Å². The fourth-order valence-corrected chi connectivity index (χ4v) is 3.77. The summed E-state index contributed by atoms with van der Waals surface area (Å²) in [6.45, 7) is 10.9. The van der Waals surface area contributed by atoms with E-state index in [9.17, 15) is 4.79 Å². The van der Waals surface area contributed by atoms with Gasteiger partial charge in [-0.3, -0.25) is 4.79 Å². The number of amides is 1. The van der Waals surface area contributed by atoms with E-state index in [1.165, 1.54) is 38.5 Å². The van der Waals surface area contributed by atoms with Crippen LogP contribution < -0.4 is 5.32 Å². The van der Waals surface area contributed by atoms with Gasteiger partial charge in [0.05, 0.1) is 0 Å². The van der Waals surface area contributed by atoms with Crippen molar-refractivity contribution in [3.8, 4) is 0 Å². The van der Waals surface area contributed by atoms with Gasteiger partial charge in [0.2, 0.25) is 5.91 Å². The molecule has 2 fully saturated rings. The van der Waals surface area contributed by atoms with Gasteiger partial charge >= 0.3 is 0 Å². The van der Waals surface area contributed by atoms with Crippen molar-refractivity contribution < 1.29 is 4.79 Å². The highest BCUT2D eigenvalue weighted by Crippen LogP contribution is 2.36. The van der Waals surface area contributed by atoms with Crippen molar-refractivity contribution in [2.24, 2.45) is 11.3 Å². The van der Waals surface area contributed by atoms with Crippen LogP contribution in [-0.4, -0.2) is 36.5 Å². The number of piperidine rings is 1. The number of hydrogen-bond acceptors (Lipinski definition) is 2. The Morgan fingerprint density at radius 2 is 2.00 bits per heavy atom. The maximum Gasteiger partial charge on any atom is 0.229 e. The van der Waals surface area contributed by atoms with Gasteiger partial charge in [0.15, 0.2) is 0 Å². The number of carbonyl (C=O) groups is 1. The first-order valence-corrected chi connectivity index (χ1v) is 8.20. The maximum atomic E-state index is 13.1. The van der Waals surface area contributed by atoms with Crippen LogP contribution >= 0.6 is 0 Å². The van der Waals surface area contributed by atoms with Crippen molar-refractivity contribution in [1.29, 1.82) is 0 Å². The van der Waals surface area contributed by atoms with Crippen molar-refractivity contribution in [2.75, 3.05) is 19.6 Å². The summed E-state index contributed by atoms with van der Waals surface area (Å²) in [6, 6.07) is 0.441. The molecule has 1 atom stereocenters. The molecule has 3 heteroatoms. The summed E-state index contributed by atoms with van der Waals surface area (Å²) in [5, 5.41) is 3.45. The minimum atomic E-state index is -0.265. The summed E-state index contributed by atoms with van der Waals surface area (Å²) in [5.74, 6) is 0.787. The number of rotatable bonds is 5. The average molecular weight is 278 g/mol. The lowest BCUT2D eigenvalue weighted by Crippen LogP contribution is -2.51. The van der Waals surface area contributed by atoms with E-state index in [4.69, 9.17) is 0 Å². The minimum Gasteiger partial charge on any atom is -0.336 e. The second kappa shape index (κ2) is 6.75. The highest BCUT2D eigenvalue weighted by atomic mass is 16.2. The Bertz CT molecular complexity index is 339. The molecule has 0 spiro atoms. The smallest absolute Gasteiger partial charge is 0.229 e. The van der Waals surface area contributed by atoms with E-state index in [1.807, 2.05) is 6.08 Å². The Morgan fingerprint density at radius 3 is 2.55 bits per heavy atom. The first-order valence-electron chi connectivity index (χ1n) is 8.20. The molecule has 0 aromatic rings. The summed E-state index contributed by atoms with van der Waals surface area (Å²) >= 11 is 0. The molecule has 1 aliphatic carbocycles. The van der Waals surface area contributed by atoms with Gasteiger partial charge in [0.25, 0.3) is 0 Å². The molecule has 1 saturated heterocycles. The van der Waals surface area contributed by atoms with E-state index < -0.39 is 0 Å². The molecule has 3 nitrogen and oxygen atoms in total. The van der Waals surface area contributed by atoms with Gasteiger partial charge < -0.3 is 10.2 Å². The zero-order valence-electron chi connectivity index (χ0n) is 13.2. The highest BCUT2D eigenvalue weighted by Gasteiger charge is 2.41. The van der Waals surface area contributed by atoms with Gasteiger partial charge in [-0.05, 0) is 44.7 Å². The predicted molar refractivity (Wildman–Crippen MR) is 83.5 cm³/mol. The van der Waals surface area contributed by atoms with Crippen molar-refractivity contribution in [3.63, 3.8) is 0 Å². The van der Waals surface area contributed by atoms with Gasteiger partial charge in [0, 0.05) is 18.0 Å². The molecule has 1 aliphatic heterocycles. The average Bonchev–Trinajstić information content (AvgIpc) is 2.99. The molecule has 0 radical (unpaired) electrons. The lowest BCUT2D eigenvalue weighted by molar-refractivity contribution is -0.145. The first-order chi connectivity index (χ1) is 9.57. The molecule has 2 rings (SSSR count). The Labute approximate surface area is 123 Å². The van der Waals surface area contributed by atoms with Crippen LogP contribution in [0.1, 0.15) is 52.4 Å². The maximum absolute atomic E-state index is 13.1. The first kappa shape index (κ1) is 15.6. The topological polar surface area (TPSA) is 32.3 Å². The van der Waals surface area contributed by atoms with Crippen LogP contribution in [0.4, 0.5) is 0 Å². The SMILES string of the molecule is C=CCN(C(=O)C(C)(C)C1CCCNC1)C1CCCC1. The van der Waals surface area contributed by atoms with Gasteiger partial charge in [-0.1, -0.05) is 32.8 Å². The molecular formula is C17H30N2O. The molecule has 20 heavy (non-hydrogen) atoms. The standard InChI is InChI=1S/C17H30N2O/c1-4-12-19(15-9-5-6-10-15)16(20)17(2,3)14-8-7-11-18-13-14/h4,14-15,18H,1,5-13H2,2-3H3. The lowest BCUT2D eigenvalue weighted by atomic mass is 9.73.